The number of fused-ring (bicyclic) bond motifs is 1. The first-order valence-electron chi connectivity index (χ1n) is 8.72. The molecule has 1 aliphatic rings. The van der Waals surface area contributed by atoms with E-state index in [4.69, 9.17) is 25.8 Å². The highest BCUT2D eigenvalue weighted by Gasteiger charge is 2.27. The van der Waals surface area contributed by atoms with Crippen LogP contribution in [0.5, 0.6) is 17.2 Å². The monoisotopic (exact) mass is 392 g/mol. The van der Waals surface area contributed by atoms with Crippen molar-refractivity contribution in [3.05, 3.63) is 94.2 Å². The molecule has 0 N–H and O–H groups in total. The zero-order chi connectivity index (χ0) is 19.5. The van der Waals surface area contributed by atoms with Crippen LogP contribution in [0.1, 0.15) is 21.5 Å². The fourth-order valence-corrected chi connectivity index (χ4v) is 3.08. The van der Waals surface area contributed by atoms with E-state index in [9.17, 15) is 4.79 Å². The third kappa shape index (κ3) is 3.73. The highest BCUT2D eigenvalue weighted by atomic mass is 35.5. The third-order valence-electron chi connectivity index (χ3n) is 4.40. The molecule has 3 aromatic rings. The largest absolute Gasteiger partial charge is 0.496 e. The maximum Gasteiger partial charge on any atom is 0.231 e. The highest BCUT2D eigenvalue weighted by molar-refractivity contribution is 6.30. The number of hydrogen-bond donors (Lipinski definition) is 0. The molecule has 1 aliphatic heterocycles. The van der Waals surface area contributed by atoms with Gasteiger partial charge in [-0.25, -0.2) is 0 Å². The molecule has 0 radical (unpaired) electrons. The average molecular weight is 393 g/mol. The molecule has 0 aromatic heterocycles. The second-order valence-electron chi connectivity index (χ2n) is 6.25. The van der Waals surface area contributed by atoms with Gasteiger partial charge in [0.25, 0.3) is 0 Å². The van der Waals surface area contributed by atoms with E-state index >= 15 is 0 Å². The Kier molecular flexibility index (Phi) is 5.04. The number of allylic oxidation sites excluding steroid dienone is 1. The molecule has 4 rings (SSSR count). The molecular weight excluding hydrogens is 376 g/mol. The Bertz CT molecular complexity index is 1050. The molecule has 140 valence electrons. The third-order valence-corrected chi connectivity index (χ3v) is 4.65. The molecule has 3 aromatic carbocycles. The lowest BCUT2D eigenvalue weighted by Gasteiger charge is -2.10. The predicted molar refractivity (Wildman–Crippen MR) is 108 cm³/mol. The van der Waals surface area contributed by atoms with Gasteiger partial charge >= 0.3 is 0 Å². The molecule has 0 fully saturated rings. The van der Waals surface area contributed by atoms with Gasteiger partial charge in [0.2, 0.25) is 5.78 Å². The highest BCUT2D eigenvalue weighted by Crippen LogP contribution is 2.35. The van der Waals surface area contributed by atoms with Crippen molar-refractivity contribution in [3.63, 3.8) is 0 Å². The number of para-hydroxylation sites is 1. The van der Waals surface area contributed by atoms with Gasteiger partial charge in [0.1, 0.15) is 23.9 Å². The van der Waals surface area contributed by atoms with Gasteiger partial charge in [0, 0.05) is 16.7 Å². The van der Waals surface area contributed by atoms with Crippen molar-refractivity contribution in [1.29, 1.82) is 0 Å². The lowest BCUT2D eigenvalue weighted by molar-refractivity contribution is 0.101. The predicted octanol–water partition coefficient (Wildman–Crippen LogP) is 5.54. The van der Waals surface area contributed by atoms with Gasteiger partial charge in [-0.1, -0.05) is 41.9 Å². The van der Waals surface area contributed by atoms with Crippen LogP contribution in [0.4, 0.5) is 0 Å². The lowest BCUT2D eigenvalue weighted by Crippen LogP contribution is -1.99. The fraction of sp³-hybridized carbons (Fsp3) is 0.0870. The van der Waals surface area contributed by atoms with Crippen LogP contribution in [-0.2, 0) is 6.61 Å². The van der Waals surface area contributed by atoms with Crippen LogP contribution in [-0.4, -0.2) is 12.9 Å². The first-order valence-corrected chi connectivity index (χ1v) is 9.10. The minimum Gasteiger partial charge on any atom is -0.496 e. The average Bonchev–Trinajstić information content (AvgIpc) is 3.03. The number of carbonyl (C=O) groups is 1. The van der Waals surface area contributed by atoms with E-state index in [-0.39, 0.29) is 11.5 Å². The number of ketones is 1. The molecule has 0 saturated heterocycles. The van der Waals surface area contributed by atoms with E-state index in [1.165, 1.54) is 0 Å². The lowest BCUT2D eigenvalue weighted by atomic mass is 10.1. The van der Waals surface area contributed by atoms with E-state index < -0.39 is 0 Å². The Morgan fingerprint density at radius 3 is 2.61 bits per heavy atom. The maximum absolute atomic E-state index is 12.6. The molecule has 0 saturated carbocycles. The topological polar surface area (TPSA) is 44.8 Å². The number of carbonyl (C=O) groups excluding carboxylic acids is 1. The molecule has 0 unspecified atom stereocenters. The van der Waals surface area contributed by atoms with Crippen molar-refractivity contribution >= 4 is 23.5 Å². The molecule has 0 amide bonds. The summed E-state index contributed by atoms with van der Waals surface area (Å²) in [5.41, 5.74) is 2.30. The van der Waals surface area contributed by atoms with Crippen LogP contribution in [0, 0.1) is 0 Å². The van der Waals surface area contributed by atoms with Gasteiger partial charge < -0.3 is 14.2 Å². The van der Waals surface area contributed by atoms with Crippen LogP contribution >= 0.6 is 11.6 Å². The molecule has 0 atom stereocenters. The Labute approximate surface area is 167 Å². The number of ether oxygens (including phenoxy) is 3. The van der Waals surface area contributed by atoms with Gasteiger partial charge in [-0.3, -0.25) is 4.79 Å². The Morgan fingerprint density at radius 2 is 1.82 bits per heavy atom. The summed E-state index contributed by atoms with van der Waals surface area (Å²) in [5, 5.41) is 0.640. The molecule has 0 bridgehead atoms. The van der Waals surface area contributed by atoms with Crippen molar-refractivity contribution in [2.45, 2.75) is 6.61 Å². The first kappa shape index (κ1) is 18.1. The van der Waals surface area contributed by atoms with Crippen molar-refractivity contribution in [2.24, 2.45) is 0 Å². The second-order valence-corrected chi connectivity index (χ2v) is 6.69. The minimum absolute atomic E-state index is 0.152. The number of rotatable bonds is 5. The number of Topliss-reactive ketones (excluding diaryl/α,β-unsaturated/α-hetero) is 1. The van der Waals surface area contributed by atoms with Crippen LogP contribution < -0.4 is 14.2 Å². The number of benzene rings is 3. The molecule has 4 nitrogen and oxygen atoms in total. The van der Waals surface area contributed by atoms with E-state index in [0.717, 1.165) is 16.9 Å². The van der Waals surface area contributed by atoms with Gasteiger partial charge in [-0.2, -0.15) is 0 Å². The smallest absolute Gasteiger partial charge is 0.231 e. The van der Waals surface area contributed by atoms with Crippen molar-refractivity contribution in [3.8, 4) is 17.2 Å². The summed E-state index contributed by atoms with van der Waals surface area (Å²) in [6.07, 6.45) is 1.70. The standard InChI is InChI=1S/C23H17ClO4/c1-26-20-5-3-2-4-16(20)14-27-18-10-11-19-21(13-18)28-22(23(19)25)12-15-6-8-17(24)9-7-15/h2-13H,14H2,1H3/b22-12-. The van der Waals surface area contributed by atoms with Crippen LogP contribution in [0.25, 0.3) is 6.08 Å². The van der Waals surface area contributed by atoms with Crippen LogP contribution in [0.15, 0.2) is 72.5 Å². The number of halogens is 1. The Balaban J connectivity index is 1.51. The Hall–Kier alpha value is -3.24. The van der Waals surface area contributed by atoms with Crippen LogP contribution in [0.2, 0.25) is 5.02 Å². The van der Waals surface area contributed by atoms with Crippen molar-refractivity contribution in [1.82, 2.24) is 0 Å². The normalized spacial score (nSPS) is 13.9. The van der Waals surface area contributed by atoms with Crippen LogP contribution in [0.3, 0.4) is 0 Å². The minimum atomic E-state index is -0.152. The molecule has 28 heavy (non-hydrogen) atoms. The quantitative estimate of drug-likeness (QED) is 0.534. The molecule has 0 spiro atoms. The van der Waals surface area contributed by atoms with E-state index in [2.05, 4.69) is 0 Å². The molecule has 1 heterocycles. The zero-order valence-corrected chi connectivity index (χ0v) is 15.9. The van der Waals surface area contributed by atoms with Gasteiger partial charge in [-0.15, -0.1) is 0 Å². The van der Waals surface area contributed by atoms with E-state index in [1.807, 2.05) is 36.4 Å². The molecule has 5 heteroatoms. The second kappa shape index (κ2) is 7.79. The van der Waals surface area contributed by atoms with Gasteiger partial charge in [0.05, 0.1) is 12.7 Å². The van der Waals surface area contributed by atoms with E-state index in [1.54, 1.807) is 43.5 Å². The summed E-state index contributed by atoms with van der Waals surface area (Å²) >= 11 is 5.90. The van der Waals surface area contributed by atoms with Gasteiger partial charge in [0.15, 0.2) is 5.76 Å². The number of methoxy groups -OCH3 is 1. The Morgan fingerprint density at radius 1 is 1.04 bits per heavy atom. The van der Waals surface area contributed by atoms with E-state index in [0.29, 0.717) is 28.7 Å². The molecule has 0 aliphatic carbocycles. The summed E-state index contributed by atoms with van der Waals surface area (Å²) in [6.45, 7) is 0.351. The fourth-order valence-electron chi connectivity index (χ4n) is 2.95. The summed E-state index contributed by atoms with van der Waals surface area (Å²) < 4.78 is 17.0. The summed E-state index contributed by atoms with van der Waals surface area (Å²) in [7, 11) is 1.63. The summed E-state index contributed by atoms with van der Waals surface area (Å²) in [4.78, 5) is 12.6. The maximum atomic E-state index is 12.6. The summed E-state index contributed by atoms with van der Waals surface area (Å²) in [6, 6.07) is 20.1. The molecular formula is C23H17ClO4. The summed E-state index contributed by atoms with van der Waals surface area (Å²) in [5.74, 6) is 2.00. The van der Waals surface area contributed by atoms with Crippen molar-refractivity contribution in [2.75, 3.05) is 7.11 Å². The zero-order valence-electron chi connectivity index (χ0n) is 15.1. The first-order chi connectivity index (χ1) is 13.6. The van der Waals surface area contributed by atoms with Gasteiger partial charge in [-0.05, 0) is 42.0 Å². The number of hydrogen-bond acceptors (Lipinski definition) is 4. The SMILES string of the molecule is COc1ccccc1COc1ccc2c(c1)O/C(=C\c1ccc(Cl)cc1)C2=O. The van der Waals surface area contributed by atoms with Crippen molar-refractivity contribution < 1.29 is 19.0 Å².